The second-order valence-electron chi connectivity index (χ2n) is 4.85. The first-order valence-electron chi connectivity index (χ1n) is 6.53. The van der Waals surface area contributed by atoms with E-state index in [1.807, 2.05) is 18.2 Å². The fourth-order valence-electron chi connectivity index (χ4n) is 2.04. The average Bonchev–Trinajstić information content (AvgIpc) is 2.44. The van der Waals surface area contributed by atoms with Gasteiger partial charge in [-0.05, 0) is 12.5 Å². The van der Waals surface area contributed by atoms with Crippen molar-refractivity contribution in [3.8, 4) is 0 Å². The van der Waals surface area contributed by atoms with Crippen LogP contribution in [0, 0.1) is 0 Å². The number of nitrogens with two attached hydrogens (primary N) is 1. The highest BCUT2D eigenvalue weighted by molar-refractivity contribution is 6.11. The molecule has 0 saturated carbocycles. The number of hydrogen-bond donors (Lipinski definition) is 2. The molecule has 1 aromatic carbocycles. The van der Waals surface area contributed by atoms with Gasteiger partial charge >= 0.3 is 5.97 Å². The normalized spacial score (nSPS) is 17.5. The molecule has 21 heavy (non-hydrogen) atoms. The van der Waals surface area contributed by atoms with Crippen LogP contribution in [0.1, 0.15) is 25.0 Å². The van der Waals surface area contributed by atoms with Crippen molar-refractivity contribution in [1.82, 2.24) is 5.32 Å². The number of carbonyl (C=O) groups is 3. The molecule has 1 heterocycles. The quantitative estimate of drug-likeness (QED) is 0.624. The van der Waals surface area contributed by atoms with E-state index in [1.54, 1.807) is 19.1 Å². The molecule has 0 aromatic heterocycles. The van der Waals surface area contributed by atoms with Crippen molar-refractivity contribution in [2.75, 3.05) is 0 Å². The third-order valence-corrected chi connectivity index (χ3v) is 3.02. The number of rotatable bonds is 4. The van der Waals surface area contributed by atoms with Crippen molar-refractivity contribution < 1.29 is 19.1 Å². The van der Waals surface area contributed by atoms with E-state index < -0.39 is 29.9 Å². The van der Waals surface area contributed by atoms with Gasteiger partial charge in [-0.3, -0.25) is 14.9 Å². The first kappa shape index (κ1) is 14.9. The lowest BCUT2D eigenvalue weighted by Crippen LogP contribution is -2.36. The van der Waals surface area contributed by atoms with Gasteiger partial charge in [-0.15, -0.1) is 0 Å². The standard InChI is InChI=1S/C15H16N2O4/c1-9(16)14(10-5-3-2-4-6-10)21-15(20)11-7-12(18)17-13(19)8-11/h2-7,9,14H,8,16H2,1H3,(H,17,18,19)/t9-,14+/m1/s1. The average molecular weight is 288 g/mol. The Morgan fingerprint density at radius 1 is 1.29 bits per heavy atom. The molecule has 0 bridgehead atoms. The van der Waals surface area contributed by atoms with Crippen molar-refractivity contribution in [3.05, 3.63) is 47.5 Å². The second-order valence-corrected chi connectivity index (χ2v) is 4.85. The van der Waals surface area contributed by atoms with Crippen LogP contribution in [0.4, 0.5) is 0 Å². The Morgan fingerprint density at radius 2 is 1.95 bits per heavy atom. The number of hydrogen-bond acceptors (Lipinski definition) is 5. The van der Waals surface area contributed by atoms with E-state index in [0.717, 1.165) is 11.6 Å². The number of amides is 2. The van der Waals surface area contributed by atoms with Crippen LogP contribution in [0.25, 0.3) is 0 Å². The van der Waals surface area contributed by atoms with Gasteiger partial charge in [0.15, 0.2) is 0 Å². The van der Waals surface area contributed by atoms with Crippen molar-refractivity contribution in [1.29, 1.82) is 0 Å². The molecule has 1 aliphatic heterocycles. The number of carbonyl (C=O) groups excluding carboxylic acids is 3. The summed E-state index contributed by atoms with van der Waals surface area (Å²) in [6.07, 6.45) is 0.262. The number of esters is 1. The lowest BCUT2D eigenvalue weighted by atomic mass is 10.0. The van der Waals surface area contributed by atoms with E-state index in [9.17, 15) is 14.4 Å². The van der Waals surface area contributed by atoms with Gasteiger partial charge in [-0.1, -0.05) is 30.3 Å². The highest BCUT2D eigenvalue weighted by atomic mass is 16.5. The van der Waals surface area contributed by atoms with E-state index in [1.165, 1.54) is 0 Å². The topological polar surface area (TPSA) is 98.5 Å². The van der Waals surface area contributed by atoms with E-state index in [0.29, 0.717) is 0 Å². The Kier molecular flexibility index (Phi) is 4.49. The summed E-state index contributed by atoms with van der Waals surface area (Å²) in [5.74, 6) is -1.84. The number of imide groups is 1. The maximum Gasteiger partial charge on any atom is 0.335 e. The highest BCUT2D eigenvalue weighted by Crippen LogP contribution is 2.22. The van der Waals surface area contributed by atoms with Gasteiger partial charge in [-0.25, -0.2) is 4.79 Å². The Balaban J connectivity index is 2.16. The minimum Gasteiger partial charge on any atom is -0.452 e. The third-order valence-electron chi connectivity index (χ3n) is 3.02. The summed E-state index contributed by atoms with van der Waals surface area (Å²) in [5, 5.41) is 2.09. The molecule has 0 unspecified atom stereocenters. The molecule has 2 amide bonds. The Morgan fingerprint density at radius 3 is 2.52 bits per heavy atom. The van der Waals surface area contributed by atoms with Crippen LogP contribution in [0.5, 0.6) is 0 Å². The van der Waals surface area contributed by atoms with Crippen LogP contribution < -0.4 is 11.1 Å². The molecule has 110 valence electrons. The zero-order valence-electron chi connectivity index (χ0n) is 11.5. The van der Waals surface area contributed by atoms with Gasteiger partial charge in [0.05, 0.1) is 12.0 Å². The lowest BCUT2D eigenvalue weighted by molar-refractivity contribution is -0.147. The zero-order valence-corrected chi connectivity index (χ0v) is 11.5. The first-order chi connectivity index (χ1) is 9.97. The molecular formula is C15H16N2O4. The molecule has 6 heteroatoms. The summed E-state index contributed by atoms with van der Waals surface area (Å²) in [6.45, 7) is 1.72. The fraction of sp³-hybridized carbons (Fsp3) is 0.267. The van der Waals surface area contributed by atoms with Gasteiger partial charge in [-0.2, -0.15) is 0 Å². The molecule has 0 saturated heterocycles. The van der Waals surface area contributed by atoms with Gasteiger partial charge < -0.3 is 10.5 Å². The molecule has 6 nitrogen and oxygen atoms in total. The summed E-state index contributed by atoms with van der Waals surface area (Å²) >= 11 is 0. The molecule has 1 aliphatic rings. The Bertz CT molecular complexity index is 593. The van der Waals surface area contributed by atoms with Gasteiger partial charge in [0.1, 0.15) is 6.10 Å². The second kappa shape index (κ2) is 6.32. The summed E-state index contributed by atoms with van der Waals surface area (Å²) in [6, 6.07) is 8.65. The Labute approximate surface area is 122 Å². The zero-order chi connectivity index (χ0) is 15.4. The van der Waals surface area contributed by atoms with Gasteiger partial charge in [0.2, 0.25) is 5.91 Å². The molecule has 3 N–H and O–H groups in total. The monoisotopic (exact) mass is 288 g/mol. The predicted molar refractivity (Wildman–Crippen MR) is 74.8 cm³/mol. The van der Waals surface area contributed by atoms with Crippen molar-refractivity contribution >= 4 is 17.8 Å². The third kappa shape index (κ3) is 3.76. The van der Waals surface area contributed by atoms with Crippen LogP contribution in [-0.2, 0) is 19.1 Å². The molecule has 2 atom stereocenters. The molecule has 1 aromatic rings. The number of benzene rings is 1. The van der Waals surface area contributed by atoms with Crippen LogP contribution in [0.15, 0.2) is 42.0 Å². The lowest BCUT2D eigenvalue weighted by Gasteiger charge is -2.23. The molecule has 0 fully saturated rings. The van der Waals surface area contributed by atoms with Gasteiger partial charge in [0, 0.05) is 12.1 Å². The molecule has 2 rings (SSSR count). The number of ether oxygens (including phenoxy) is 1. The van der Waals surface area contributed by atoms with Crippen LogP contribution in [0.2, 0.25) is 0 Å². The minimum absolute atomic E-state index is 0.0327. The minimum atomic E-state index is -0.704. The Hall–Kier alpha value is -2.47. The summed E-state index contributed by atoms with van der Waals surface area (Å²) < 4.78 is 5.37. The van der Waals surface area contributed by atoms with Crippen molar-refractivity contribution in [3.63, 3.8) is 0 Å². The van der Waals surface area contributed by atoms with Crippen LogP contribution in [-0.4, -0.2) is 23.8 Å². The van der Waals surface area contributed by atoms with Crippen LogP contribution in [0.3, 0.4) is 0 Å². The largest absolute Gasteiger partial charge is 0.452 e. The maximum absolute atomic E-state index is 12.1. The maximum atomic E-state index is 12.1. The van der Waals surface area contributed by atoms with Crippen molar-refractivity contribution in [2.45, 2.75) is 25.5 Å². The summed E-state index contributed by atoms with van der Waals surface area (Å²) in [7, 11) is 0. The molecular weight excluding hydrogens is 272 g/mol. The van der Waals surface area contributed by atoms with Crippen molar-refractivity contribution in [2.24, 2.45) is 5.73 Å². The van der Waals surface area contributed by atoms with E-state index in [2.05, 4.69) is 5.32 Å². The molecule has 0 aliphatic carbocycles. The van der Waals surface area contributed by atoms with Crippen LogP contribution >= 0.6 is 0 Å². The summed E-state index contributed by atoms with van der Waals surface area (Å²) in [5.41, 5.74) is 6.65. The fourth-order valence-corrected chi connectivity index (χ4v) is 2.04. The highest BCUT2D eigenvalue weighted by Gasteiger charge is 2.27. The van der Waals surface area contributed by atoms with E-state index in [-0.39, 0.29) is 12.0 Å². The smallest absolute Gasteiger partial charge is 0.335 e. The molecule has 0 spiro atoms. The van der Waals surface area contributed by atoms with Gasteiger partial charge in [0.25, 0.3) is 5.91 Å². The number of nitrogens with one attached hydrogen (secondary N) is 1. The first-order valence-corrected chi connectivity index (χ1v) is 6.53. The summed E-state index contributed by atoms with van der Waals surface area (Å²) in [4.78, 5) is 34.6. The van der Waals surface area contributed by atoms with E-state index in [4.69, 9.17) is 10.5 Å². The van der Waals surface area contributed by atoms with E-state index >= 15 is 0 Å². The predicted octanol–water partition coefficient (Wildman–Crippen LogP) is 0.591. The molecule has 0 radical (unpaired) electrons. The SMILES string of the molecule is C[C@@H](N)[C@H](OC(=O)C1=CC(=O)NC(=O)C1)c1ccccc1.